The zero-order valence-corrected chi connectivity index (χ0v) is 26.8. The molecule has 0 N–H and O–H groups in total. The molecular weight excluding hydrogens is 607 g/mol. The predicted octanol–water partition coefficient (Wildman–Crippen LogP) is 11.6. The van der Waals surface area contributed by atoms with Gasteiger partial charge in [-0.2, -0.15) is 0 Å². The van der Waals surface area contributed by atoms with Crippen molar-refractivity contribution in [3.8, 4) is 22.3 Å². The average Bonchev–Trinajstić information content (AvgIpc) is 3.59. The molecule has 2 unspecified atom stereocenters. The molecule has 2 aliphatic rings. The molecule has 0 heterocycles. The monoisotopic (exact) mass is 636 g/mol. The second-order valence-electron chi connectivity index (χ2n) is 13.7. The molecule has 2 atom stereocenters. The molecule has 2 aliphatic carbocycles. The van der Waals surface area contributed by atoms with Crippen LogP contribution in [0, 0.1) is 0 Å². The molecule has 5 aromatic rings. The molecule has 0 saturated heterocycles. The molecule has 40 heavy (non-hydrogen) atoms. The Hall–Kier alpha value is -2.83. The molecule has 0 bridgehead atoms. The van der Waals surface area contributed by atoms with E-state index in [1.54, 1.807) is 0 Å². The van der Waals surface area contributed by atoms with Crippen LogP contribution in [-0.2, 0) is 12.9 Å². The number of fused-ring (bicyclic) bond motifs is 3. The molecule has 0 nitrogen and oxygen atoms in total. The molecule has 0 amide bonds. The summed E-state index contributed by atoms with van der Waals surface area (Å²) in [6, 6.07) is 38.6. The zero-order valence-electron chi connectivity index (χ0n) is 22.8. The first-order chi connectivity index (χ1) is 18.9. The van der Waals surface area contributed by atoms with Crippen LogP contribution >= 0.6 is 17.0 Å². The number of hydrogen-bond donors (Lipinski definition) is 0. The Kier molecular flexibility index (Phi) is 5.03. The van der Waals surface area contributed by atoms with Crippen molar-refractivity contribution in [2.45, 2.75) is 16.5 Å². The van der Waals surface area contributed by atoms with Crippen molar-refractivity contribution in [3.63, 3.8) is 0 Å². The number of allylic oxidation sites excluding steroid dienone is 2. The fourth-order valence-corrected chi connectivity index (χ4v) is 24.6. The molecule has 0 radical (unpaired) electrons. The summed E-state index contributed by atoms with van der Waals surface area (Å²) in [6.45, 7) is 0. The van der Waals surface area contributed by atoms with Crippen LogP contribution in [0.5, 0.6) is 0 Å². The van der Waals surface area contributed by atoms with Crippen LogP contribution in [0.25, 0.3) is 45.2 Å². The first kappa shape index (κ1) is 26.1. The topological polar surface area (TPSA) is 0 Å². The Morgan fingerprint density at radius 3 is 1.73 bits per heavy atom. The number of rotatable bonds is 4. The van der Waals surface area contributed by atoms with Gasteiger partial charge in [-0.25, -0.2) is 0 Å². The Morgan fingerprint density at radius 2 is 1.05 bits per heavy atom. The molecule has 7 rings (SSSR count). The molecule has 0 spiro atoms. The molecular formula is C37H32Cl2Zr. The minimum absolute atomic E-state index is 0.194. The van der Waals surface area contributed by atoms with Crippen LogP contribution < -0.4 is 0 Å². The van der Waals surface area contributed by atoms with E-state index in [0.717, 1.165) is 0 Å². The number of halogens is 2. The fraction of sp³-hybridized carbons (Fsp3) is 0.108. The van der Waals surface area contributed by atoms with E-state index in [0.29, 0.717) is 0 Å². The Morgan fingerprint density at radius 1 is 0.550 bits per heavy atom. The van der Waals surface area contributed by atoms with Crippen molar-refractivity contribution in [3.05, 3.63) is 144 Å². The summed E-state index contributed by atoms with van der Waals surface area (Å²) >= 11 is -5.97. The van der Waals surface area contributed by atoms with E-state index >= 15 is 0 Å². The van der Waals surface area contributed by atoms with Gasteiger partial charge in [0, 0.05) is 0 Å². The Labute approximate surface area is 237 Å². The van der Waals surface area contributed by atoms with Crippen LogP contribution in [0.2, 0.25) is 9.26 Å². The van der Waals surface area contributed by atoms with Gasteiger partial charge in [0.2, 0.25) is 0 Å². The van der Waals surface area contributed by atoms with Gasteiger partial charge in [-0.05, 0) is 0 Å². The van der Waals surface area contributed by atoms with Crippen LogP contribution in [-0.4, -0.2) is 4.21 Å². The van der Waals surface area contributed by atoms with Crippen LogP contribution in [0.4, 0.5) is 0 Å². The SMILES string of the molecule is [CH2]=[Zr]([CH3])([CH3])([Cl])([Cl])([CH]1C=Cc2c(-c3ccccc3)cccc21)[CH]1C=Cc2c(-c3cccc4ccccc34)cccc21. The summed E-state index contributed by atoms with van der Waals surface area (Å²) in [5, 5.41) is 2.47. The maximum atomic E-state index is 8.21. The van der Waals surface area contributed by atoms with E-state index in [1.807, 2.05) is 6.07 Å². The standard InChI is InChI=1S/C19H13.C15H11.2CH3.CH2.2ClH.Zr/c1-2-10-16-14(6-1)8-4-12-18(16)19-13-5-9-15-7-3-11-17(15)19;1-2-6-12(7-3-1)14-10-4-8-13-9-5-11-15(13)14;;;;;;/h1-13H;1-11H;2*1H3;1H2;2*1H;/q;;;;;;;+2/p-2. The van der Waals surface area contributed by atoms with E-state index in [2.05, 4.69) is 137 Å². The molecule has 0 saturated carbocycles. The van der Waals surface area contributed by atoms with Gasteiger partial charge in [-0.1, -0.05) is 0 Å². The predicted molar refractivity (Wildman–Crippen MR) is 175 cm³/mol. The van der Waals surface area contributed by atoms with E-state index in [9.17, 15) is 0 Å². The Balaban J connectivity index is 1.41. The summed E-state index contributed by atoms with van der Waals surface area (Å²) in [7, 11) is 16.4. The summed E-state index contributed by atoms with van der Waals surface area (Å²) in [5.41, 5.74) is 9.51. The molecule has 0 aromatic heterocycles. The second-order valence-corrected chi connectivity index (χ2v) is 59.3. The first-order valence-electron chi connectivity index (χ1n) is 14.0. The van der Waals surface area contributed by atoms with Crippen molar-refractivity contribution in [2.75, 3.05) is 0 Å². The van der Waals surface area contributed by atoms with Gasteiger partial charge in [0.15, 0.2) is 0 Å². The molecule has 0 aliphatic heterocycles. The van der Waals surface area contributed by atoms with Gasteiger partial charge in [0.1, 0.15) is 0 Å². The molecule has 198 valence electrons. The number of hydrogen-bond acceptors (Lipinski definition) is 0. The van der Waals surface area contributed by atoms with E-state index in [-0.39, 0.29) is 7.25 Å². The minimum atomic E-state index is -5.97. The van der Waals surface area contributed by atoms with E-state index < -0.39 is 12.9 Å². The summed E-state index contributed by atoms with van der Waals surface area (Å²) in [5.74, 6) is 0. The Bertz CT molecular complexity index is 2030. The maximum absolute atomic E-state index is 8.21. The third kappa shape index (κ3) is 3.79. The van der Waals surface area contributed by atoms with Gasteiger partial charge in [0.05, 0.1) is 0 Å². The van der Waals surface area contributed by atoms with Crippen molar-refractivity contribution < 1.29 is 12.9 Å². The van der Waals surface area contributed by atoms with E-state index in [4.69, 9.17) is 21.2 Å². The van der Waals surface area contributed by atoms with Crippen LogP contribution in [0.15, 0.2) is 121 Å². The fourth-order valence-electron chi connectivity index (χ4n) is 7.46. The summed E-state index contributed by atoms with van der Waals surface area (Å²) in [6.07, 6.45) is 8.91. The molecule has 3 heteroatoms. The third-order valence-corrected chi connectivity index (χ3v) is 29.9. The molecule has 5 aromatic carbocycles. The second kappa shape index (κ2) is 7.71. The van der Waals surface area contributed by atoms with Gasteiger partial charge >= 0.3 is 239 Å². The normalized spacial score (nSPS) is 20.4. The molecule has 0 fully saturated rings. The summed E-state index contributed by atoms with van der Waals surface area (Å²) in [4.78, 5) is 0. The van der Waals surface area contributed by atoms with Gasteiger partial charge in [-0.3, -0.25) is 0 Å². The van der Waals surface area contributed by atoms with Gasteiger partial charge < -0.3 is 0 Å². The van der Waals surface area contributed by atoms with Gasteiger partial charge in [0.25, 0.3) is 0 Å². The third-order valence-electron chi connectivity index (χ3n) is 9.54. The van der Waals surface area contributed by atoms with Crippen LogP contribution in [0.1, 0.15) is 29.5 Å². The van der Waals surface area contributed by atoms with Gasteiger partial charge in [-0.15, -0.1) is 0 Å². The van der Waals surface area contributed by atoms with Crippen molar-refractivity contribution in [1.82, 2.24) is 0 Å². The van der Waals surface area contributed by atoms with Crippen molar-refractivity contribution >= 4 is 44.2 Å². The number of benzene rings is 5. The van der Waals surface area contributed by atoms with Crippen molar-refractivity contribution in [2.24, 2.45) is 0 Å². The zero-order chi connectivity index (χ0) is 27.9. The first-order valence-corrected chi connectivity index (χ1v) is 29.8. The summed E-state index contributed by atoms with van der Waals surface area (Å²) < 4.78 is 8.84. The van der Waals surface area contributed by atoms with Crippen LogP contribution in [0.3, 0.4) is 0 Å². The quantitative estimate of drug-likeness (QED) is 0.184. The average molecular weight is 639 g/mol. The van der Waals surface area contributed by atoms with E-state index in [1.165, 1.54) is 55.3 Å². The van der Waals surface area contributed by atoms with Crippen molar-refractivity contribution in [1.29, 1.82) is 0 Å².